The second kappa shape index (κ2) is 5.97. The molecule has 1 heterocycles. The fourth-order valence-electron chi connectivity index (χ4n) is 2.82. The molecule has 0 fully saturated rings. The highest BCUT2D eigenvalue weighted by atomic mass is 16.5. The van der Waals surface area contributed by atoms with Gasteiger partial charge in [0.25, 0.3) is 5.91 Å². The first-order valence-corrected chi connectivity index (χ1v) is 7.14. The molecule has 0 atom stereocenters. The van der Waals surface area contributed by atoms with Gasteiger partial charge in [-0.1, -0.05) is 30.3 Å². The Hall–Kier alpha value is -2.33. The van der Waals surface area contributed by atoms with Crippen molar-refractivity contribution in [3.05, 3.63) is 65.2 Å². The number of hydroxylamine groups is 1. The highest BCUT2D eigenvalue weighted by Crippen LogP contribution is 2.28. The normalized spacial score (nSPS) is 13.7. The summed E-state index contributed by atoms with van der Waals surface area (Å²) in [4.78, 5) is 13.7. The van der Waals surface area contributed by atoms with Crippen LogP contribution in [-0.2, 0) is 13.0 Å². The third-order valence-corrected chi connectivity index (χ3v) is 3.90. The predicted molar refractivity (Wildman–Crippen MR) is 81.5 cm³/mol. The molecular formula is C17H18N2O2. The SMILES string of the molecule is O=C(NO)c1ccc(CN2CCCc3ccccc32)cc1. The van der Waals surface area contributed by atoms with E-state index in [1.165, 1.54) is 17.7 Å². The maximum Gasteiger partial charge on any atom is 0.274 e. The van der Waals surface area contributed by atoms with Gasteiger partial charge in [-0.25, -0.2) is 5.48 Å². The highest BCUT2D eigenvalue weighted by Gasteiger charge is 2.16. The van der Waals surface area contributed by atoms with Crippen molar-refractivity contribution in [1.82, 2.24) is 5.48 Å². The summed E-state index contributed by atoms with van der Waals surface area (Å²) in [5, 5.41) is 8.62. The lowest BCUT2D eigenvalue weighted by molar-refractivity contribution is 0.0706. The molecular weight excluding hydrogens is 264 g/mol. The first-order chi connectivity index (χ1) is 10.3. The predicted octanol–water partition coefficient (Wildman–Crippen LogP) is 2.76. The monoisotopic (exact) mass is 282 g/mol. The summed E-state index contributed by atoms with van der Waals surface area (Å²) in [6.07, 6.45) is 2.31. The van der Waals surface area contributed by atoms with E-state index >= 15 is 0 Å². The highest BCUT2D eigenvalue weighted by molar-refractivity contribution is 5.93. The van der Waals surface area contributed by atoms with Crippen molar-refractivity contribution in [2.75, 3.05) is 11.4 Å². The lowest BCUT2D eigenvalue weighted by Crippen LogP contribution is -2.28. The summed E-state index contributed by atoms with van der Waals surface area (Å²) >= 11 is 0. The molecule has 0 aromatic heterocycles. The van der Waals surface area contributed by atoms with Gasteiger partial charge in [-0.05, 0) is 42.2 Å². The molecule has 1 amide bonds. The van der Waals surface area contributed by atoms with E-state index in [1.54, 1.807) is 17.6 Å². The minimum atomic E-state index is -0.482. The van der Waals surface area contributed by atoms with Crippen LogP contribution in [0.3, 0.4) is 0 Å². The summed E-state index contributed by atoms with van der Waals surface area (Å²) in [5.74, 6) is -0.482. The van der Waals surface area contributed by atoms with Gasteiger partial charge in [0, 0.05) is 24.3 Å². The van der Waals surface area contributed by atoms with Crippen molar-refractivity contribution in [1.29, 1.82) is 0 Å². The third kappa shape index (κ3) is 2.90. The van der Waals surface area contributed by atoms with Gasteiger partial charge in [0.1, 0.15) is 0 Å². The Morgan fingerprint density at radius 1 is 1.14 bits per heavy atom. The molecule has 21 heavy (non-hydrogen) atoms. The van der Waals surface area contributed by atoms with Gasteiger partial charge in [0.15, 0.2) is 0 Å². The summed E-state index contributed by atoms with van der Waals surface area (Å²) in [5.41, 5.74) is 5.97. The van der Waals surface area contributed by atoms with Crippen molar-refractivity contribution in [3.8, 4) is 0 Å². The van der Waals surface area contributed by atoms with E-state index in [4.69, 9.17) is 5.21 Å². The molecule has 1 aliphatic heterocycles. The summed E-state index contributed by atoms with van der Waals surface area (Å²) in [6.45, 7) is 1.88. The van der Waals surface area contributed by atoms with E-state index in [1.807, 2.05) is 12.1 Å². The second-order valence-electron chi connectivity index (χ2n) is 5.29. The van der Waals surface area contributed by atoms with Crippen LogP contribution in [0.2, 0.25) is 0 Å². The van der Waals surface area contributed by atoms with Gasteiger partial charge >= 0.3 is 0 Å². The Morgan fingerprint density at radius 2 is 1.90 bits per heavy atom. The molecule has 0 bridgehead atoms. The minimum absolute atomic E-state index is 0.459. The largest absolute Gasteiger partial charge is 0.367 e. The summed E-state index contributed by atoms with van der Waals surface area (Å²) in [7, 11) is 0. The van der Waals surface area contributed by atoms with Crippen LogP contribution in [0.15, 0.2) is 48.5 Å². The van der Waals surface area contributed by atoms with E-state index in [-0.39, 0.29) is 0 Å². The van der Waals surface area contributed by atoms with Gasteiger partial charge in [-0.15, -0.1) is 0 Å². The lowest BCUT2D eigenvalue weighted by Gasteiger charge is -2.31. The van der Waals surface area contributed by atoms with E-state index in [0.29, 0.717) is 5.56 Å². The van der Waals surface area contributed by atoms with Gasteiger partial charge < -0.3 is 4.90 Å². The molecule has 0 aliphatic carbocycles. The molecule has 2 aromatic rings. The van der Waals surface area contributed by atoms with Crippen molar-refractivity contribution in [3.63, 3.8) is 0 Å². The zero-order valence-electron chi connectivity index (χ0n) is 11.7. The third-order valence-electron chi connectivity index (χ3n) is 3.90. The fourth-order valence-corrected chi connectivity index (χ4v) is 2.82. The summed E-state index contributed by atoms with van der Waals surface area (Å²) in [6, 6.07) is 15.9. The number of hydrogen-bond acceptors (Lipinski definition) is 3. The number of carbonyl (C=O) groups is 1. The second-order valence-corrected chi connectivity index (χ2v) is 5.29. The molecule has 2 N–H and O–H groups in total. The quantitative estimate of drug-likeness (QED) is 0.672. The number of amides is 1. The van der Waals surface area contributed by atoms with Crippen molar-refractivity contribution in [2.24, 2.45) is 0 Å². The van der Waals surface area contributed by atoms with Crippen LogP contribution in [0.5, 0.6) is 0 Å². The lowest BCUT2D eigenvalue weighted by atomic mass is 10.0. The van der Waals surface area contributed by atoms with Crippen LogP contribution in [0.4, 0.5) is 5.69 Å². The number of anilines is 1. The Morgan fingerprint density at radius 3 is 2.67 bits per heavy atom. The maximum atomic E-state index is 11.3. The average molecular weight is 282 g/mol. The van der Waals surface area contributed by atoms with Crippen LogP contribution in [-0.4, -0.2) is 17.7 Å². The average Bonchev–Trinajstić information content (AvgIpc) is 2.55. The molecule has 0 radical (unpaired) electrons. The molecule has 0 saturated carbocycles. The van der Waals surface area contributed by atoms with Crippen LogP contribution in [0.25, 0.3) is 0 Å². The standard InChI is InChI=1S/C17H18N2O2/c20-17(18-21)15-9-7-13(8-10-15)12-19-11-3-5-14-4-1-2-6-16(14)19/h1-2,4,6-10,21H,3,5,11-12H2,(H,18,20). The molecule has 0 saturated heterocycles. The van der Waals surface area contributed by atoms with Crippen molar-refractivity contribution >= 4 is 11.6 Å². The van der Waals surface area contributed by atoms with Crippen LogP contribution in [0, 0.1) is 0 Å². The van der Waals surface area contributed by atoms with Crippen molar-refractivity contribution < 1.29 is 10.0 Å². The molecule has 4 heteroatoms. The maximum absolute atomic E-state index is 11.3. The Labute approximate surface area is 124 Å². The molecule has 2 aromatic carbocycles. The van der Waals surface area contributed by atoms with Crippen LogP contribution in [0.1, 0.15) is 27.9 Å². The number of benzene rings is 2. The number of carbonyl (C=O) groups excluding carboxylic acids is 1. The molecule has 1 aliphatic rings. The van der Waals surface area contributed by atoms with Crippen LogP contribution < -0.4 is 10.4 Å². The first-order valence-electron chi connectivity index (χ1n) is 7.14. The number of hydrogen-bond donors (Lipinski definition) is 2. The molecule has 4 nitrogen and oxygen atoms in total. The van der Waals surface area contributed by atoms with Crippen LogP contribution >= 0.6 is 0 Å². The van der Waals surface area contributed by atoms with E-state index in [9.17, 15) is 4.79 Å². The van der Waals surface area contributed by atoms with Crippen molar-refractivity contribution in [2.45, 2.75) is 19.4 Å². The molecule has 108 valence electrons. The zero-order valence-corrected chi connectivity index (χ0v) is 11.7. The zero-order chi connectivity index (χ0) is 14.7. The summed E-state index contributed by atoms with van der Waals surface area (Å²) < 4.78 is 0. The van der Waals surface area contributed by atoms with E-state index in [2.05, 4.69) is 29.2 Å². The Balaban J connectivity index is 1.77. The number of rotatable bonds is 3. The first kappa shape index (κ1) is 13.6. The smallest absolute Gasteiger partial charge is 0.274 e. The van der Waals surface area contributed by atoms with Gasteiger partial charge in [-0.3, -0.25) is 10.0 Å². The minimum Gasteiger partial charge on any atom is -0.367 e. The number of aryl methyl sites for hydroxylation is 1. The molecule has 3 rings (SSSR count). The number of fused-ring (bicyclic) bond motifs is 1. The fraction of sp³-hybridized carbons (Fsp3) is 0.235. The Bertz CT molecular complexity index is 637. The number of nitrogens with one attached hydrogen (secondary N) is 1. The van der Waals surface area contributed by atoms with Gasteiger partial charge in [-0.2, -0.15) is 0 Å². The van der Waals surface area contributed by atoms with Gasteiger partial charge in [0.05, 0.1) is 0 Å². The van der Waals surface area contributed by atoms with E-state index < -0.39 is 5.91 Å². The number of para-hydroxylation sites is 1. The molecule has 0 unspecified atom stereocenters. The van der Waals surface area contributed by atoms with Gasteiger partial charge in [0.2, 0.25) is 0 Å². The Kier molecular flexibility index (Phi) is 3.88. The number of nitrogens with zero attached hydrogens (tertiary/aromatic N) is 1. The topological polar surface area (TPSA) is 52.6 Å². The molecule has 0 spiro atoms. The van der Waals surface area contributed by atoms with E-state index in [0.717, 1.165) is 25.1 Å².